The topological polar surface area (TPSA) is 113 Å². The SMILES string of the molecule is CCOC(=O)[C@@H]1CC2=CC(=O)CC[C@]2(C)[C@@]23O[C@@H]2C[C@@]2(C)[C@@H](CC[C@]2(O)CCC(=O)O)[C@H]13. The van der Waals surface area contributed by atoms with Gasteiger partial charge in [-0.05, 0) is 57.4 Å². The van der Waals surface area contributed by atoms with Gasteiger partial charge in [0, 0.05) is 29.6 Å². The van der Waals surface area contributed by atoms with Crippen LogP contribution in [0.3, 0.4) is 0 Å². The molecule has 8 atom stereocenters. The van der Waals surface area contributed by atoms with Crippen LogP contribution in [0.1, 0.15) is 72.1 Å². The normalized spacial score (nSPS) is 48.6. The number of rotatable bonds is 5. The second-order valence-electron chi connectivity index (χ2n) is 11.1. The molecule has 0 aromatic rings. The van der Waals surface area contributed by atoms with Crippen LogP contribution >= 0.6 is 0 Å². The standard InChI is InChI=1S/C25H34O7/c1-4-31-21(29)16-12-14-11-15(26)5-8-22(14,2)25-18(32-25)13-23(3)17(20(16)25)6-9-24(23,30)10-7-19(27)28/h11,16-18,20,30H,4-10,12-13H2,1-3H3,(H,27,28)/t16-,17+,18-,20+,22+,23+,24+,25-/m1/s1. The van der Waals surface area contributed by atoms with Crippen LogP contribution in [0.4, 0.5) is 0 Å². The van der Waals surface area contributed by atoms with E-state index in [1.54, 1.807) is 13.0 Å². The van der Waals surface area contributed by atoms with Gasteiger partial charge in [-0.15, -0.1) is 0 Å². The zero-order valence-electron chi connectivity index (χ0n) is 19.2. The minimum Gasteiger partial charge on any atom is -0.481 e. The Kier molecular flexibility index (Phi) is 4.75. The lowest BCUT2D eigenvalue weighted by Crippen LogP contribution is -2.63. The smallest absolute Gasteiger partial charge is 0.309 e. The summed E-state index contributed by atoms with van der Waals surface area (Å²) >= 11 is 0. The van der Waals surface area contributed by atoms with Crippen LogP contribution in [-0.2, 0) is 23.9 Å². The zero-order chi connectivity index (χ0) is 23.1. The molecule has 4 fully saturated rings. The first-order valence-electron chi connectivity index (χ1n) is 12.0. The number of ether oxygens (including phenoxy) is 2. The third kappa shape index (κ3) is 2.64. The van der Waals surface area contributed by atoms with E-state index in [0.717, 1.165) is 12.0 Å². The molecule has 0 aromatic carbocycles. The van der Waals surface area contributed by atoms with E-state index in [0.29, 0.717) is 38.7 Å². The second kappa shape index (κ2) is 6.89. The molecule has 5 aliphatic rings. The third-order valence-electron chi connectivity index (χ3n) is 10.0. The fourth-order valence-electron chi connectivity index (χ4n) is 8.32. The van der Waals surface area contributed by atoms with Crippen molar-refractivity contribution in [2.45, 2.75) is 89.4 Å². The van der Waals surface area contributed by atoms with Gasteiger partial charge in [0.25, 0.3) is 0 Å². The van der Waals surface area contributed by atoms with Gasteiger partial charge in [0.1, 0.15) is 5.60 Å². The van der Waals surface area contributed by atoms with Crippen molar-refractivity contribution >= 4 is 17.7 Å². The van der Waals surface area contributed by atoms with Crippen LogP contribution in [0.25, 0.3) is 0 Å². The average Bonchev–Trinajstić information content (AvgIpc) is 3.39. The van der Waals surface area contributed by atoms with Crippen molar-refractivity contribution in [1.82, 2.24) is 0 Å². The number of aliphatic hydroxyl groups is 1. The van der Waals surface area contributed by atoms with E-state index >= 15 is 0 Å². The number of carboxylic acids is 1. The monoisotopic (exact) mass is 446 g/mol. The predicted octanol–water partition coefficient (Wildman–Crippen LogP) is 3.03. The molecule has 7 nitrogen and oxygen atoms in total. The Morgan fingerprint density at radius 2 is 2.03 bits per heavy atom. The molecule has 176 valence electrons. The predicted molar refractivity (Wildman–Crippen MR) is 114 cm³/mol. The van der Waals surface area contributed by atoms with E-state index in [-0.39, 0.29) is 47.9 Å². The van der Waals surface area contributed by atoms with Crippen molar-refractivity contribution in [2.75, 3.05) is 6.61 Å². The third-order valence-corrected chi connectivity index (χ3v) is 10.0. The second-order valence-corrected chi connectivity index (χ2v) is 11.1. The fraction of sp³-hybridized carbons (Fsp3) is 0.800. The van der Waals surface area contributed by atoms with Crippen LogP contribution in [0.5, 0.6) is 0 Å². The van der Waals surface area contributed by atoms with Gasteiger partial charge in [0.05, 0.1) is 24.2 Å². The molecule has 0 amide bonds. The summed E-state index contributed by atoms with van der Waals surface area (Å²) in [4.78, 5) is 36.8. The number of hydrogen-bond acceptors (Lipinski definition) is 6. The summed E-state index contributed by atoms with van der Waals surface area (Å²) in [7, 11) is 0. The maximum Gasteiger partial charge on any atom is 0.309 e. The lowest BCUT2D eigenvalue weighted by Gasteiger charge is -2.58. The Balaban J connectivity index is 1.59. The van der Waals surface area contributed by atoms with Crippen LogP contribution in [0.15, 0.2) is 11.6 Å². The summed E-state index contributed by atoms with van der Waals surface area (Å²) < 4.78 is 12.1. The highest BCUT2D eigenvalue weighted by molar-refractivity contribution is 5.92. The van der Waals surface area contributed by atoms with Crippen LogP contribution in [0.2, 0.25) is 0 Å². The number of carbonyl (C=O) groups is 3. The molecule has 4 aliphatic carbocycles. The summed E-state index contributed by atoms with van der Waals surface area (Å²) in [5.41, 5.74) is -1.43. The molecule has 0 aromatic heterocycles. The van der Waals surface area contributed by atoms with Crippen molar-refractivity contribution in [1.29, 1.82) is 0 Å². The summed E-state index contributed by atoms with van der Waals surface area (Å²) in [6, 6.07) is 0. The summed E-state index contributed by atoms with van der Waals surface area (Å²) in [6.45, 7) is 6.34. The Labute approximate surface area is 188 Å². The maximum atomic E-state index is 13.2. The molecular formula is C25H34O7. The van der Waals surface area contributed by atoms with E-state index in [1.807, 2.05) is 0 Å². The lowest BCUT2D eigenvalue weighted by molar-refractivity contribution is -0.165. The van der Waals surface area contributed by atoms with Crippen molar-refractivity contribution in [3.8, 4) is 0 Å². The highest BCUT2D eigenvalue weighted by Crippen LogP contribution is 2.77. The molecule has 0 bridgehead atoms. The first-order valence-corrected chi connectivity index (χ1v) is 12.0. The first kappa shape index (κ1) is 22.1. The first-order chi connectivity index (χ1) is 15.0. The average molecular weight is 447 g/mol. The van der Waals surface area contributed by atoms with Gasteiger partial charge in [-0.1, -0.05) is 19.4 Å². The number of ketones is 1. The van der Waals surface area contributed by atoms with E-state index in [4.69, 9.17) is 9.47 Å². The lowest BCUT2D eigenvalue weighted by atomic mass is 9.43. The number of esters is 1. The van der Waals surface area contributed by atoms with Crippen LogP contribution < -0.4 is 0 Å². The molecule has 1 aliphatic heterocycles. The summed E-state index contributed by atoms with van der Waals surface area (Å²) in [5, 5.41) is 20.9. The molecule has 1 spiro atoms. The minimum atomic E-state index is -1.09. The number of fused-ring (bicyclic) bond motifs is 3. The number of aliphatic carboxylic acids is 1. The van der Waals surface area contributed by atoms with Gasteiger partial charge in [-0.2, -0.15) is 0 Å². The van der Waals surface area contributed by atoms with E-state index in [2.05, 4.69) is 13.8 Å². The van der Waals surface area contributed by atoms with E-state index in [1.165, 1.54) is 0 Å². The molecule has 5 rings (SSSR count). The van der Waals surface area contributed by atoms with Gasteiger partial charge in [0.2, 0.25) is 0 Å². The molecule has 2 N–H and O–H groups in total. The zero-order valence-corrected chi connectivity index (χ0v) is 19.2. The minimum absolute atomic E-state index is 0.0328. The van der Waals surface area contributed by atoms with Crippen molar-refractivity contribution in [3.05, 3.63) is 11.6 Å². The van der Waals surface area contributed by atoms with Crippen molar-refractivity contribution < 1.29 is 34.1 Å². The van der Waals surface area contributed by atoms with Crippen LogP contribution in [0, 0.1) is 28.6 Å². The Hall–Kier alpha value is -1.73. The largest absolute Gasteiger partial charge is 0.481 e. The Bertz CT molecular complexity index is 910. The molecular weight excluding hydrogens is 412 g/mol. The van der Waals surface area contributed by atoms with Gasteiger partial charge in [0.15, 0.2) is 5.78 Å². The summed E-state index contributed by atoms with van der Waals surface area (Å²) in [6.07, 6.45) is 5.38. The molecule has 1 saturated heterocycles. The molecule has 7 heteroatoms. The van der Waals surface area contributed by atoms with Gasteiger partial charge < -0.3 is 19.7 Å². The van der Waals surface area contributed by atoms with Gasteiger partial charge >= 0.3 is 11.9 Å². The quantitative estimate of drug-likeness (QED) is 0.493. The fourth-order valence-corrected chi connectivity index (χ4v) is 8.32. The molecule has 1 heterocycles. The van der Waals surface area contributed by atoms with E-state index in [9.17, 15) is 24.6 Å². The van der Waals surface area contributed by atoms with E-state index < -0.39 is 28.5 Å². The number of carboxylic acid groups (broad SMARTS) is 1. The number of carbonyl (C=O) groups excluding carboxylic acids is 2. The molecule has 0 unspecified atom stereocenters. The Morgan fingerprint density at radius 1 is 1.28 bits per heavy atom. The molecule has 0 radical (unpaired) electrons. The number of hydrogen-bond donors (Lipinski definition) is 2. The molecule has 3 saturated carbocycles. The number of epoxide rings is 1. The highest BCUT2D eigenvalue weighted by atomic mass is 16.6. The maximum absolute atomic E-state index is 13.2. The van der Waals surface area contributed by atoms with Gasteiger partial charge in [-0.3, -0.25) is 14.4 Å². The molecule has 32 heavy (non-hydrogen) atoms. The van der Waals surface area contributed by atoms with Crippen molar-refractivity contribution in [3.63, 3.8) is 0 Å². The highest BCUT2D eigenvalue weighted by Gasteiger charge is 2.82. The van der Waals surface area contributed by atoms with Crippen LogP contribution in [-0.4, -0.2) is 51.8 Å². The Morgan fingerprint density at radius 3 is 2.72 bits per heavy atom. The van der Waals surface area contributed by atoms with Crippen molar-refractivity contribution in [2.24, 2.45) is 28.6 Å². The summed E-state index contributed by atoms with van der Waals surface area (Å²) in [5.74, 6) is -1.55. The van der Waals surface area contributed by atoms with Gasteiger partial charge in [-0.25, -0.2) is 0 Å².